The molecule has 1 heteroatoms. The molecular weight excluding hydrogens is 184 g/mol. The predicted molar refractivity (Wildman–Crippen MR) is 66.4 cm³/mol. The van der Waals surface area contributed by atoms with E-state index in [1.165, 1.54) is 0 Å². The van der Waals surface area contributed by atoms with Crippen molar-refractivity contribution < 1.29 is 4.74 Å². The molecule has 1 aromatic carbocycles. The van der Waals surface area contributed by atoms with Gasteiger partial charge in [-0.05, 0) is 24.6 Å². The zero-order valence-corrected chi connectivity index (χ0v) is 9.87. The van der Waals surface area contributed by atoms with Crippen LogP contribution in [0.4, 0.5) is 0 Å². The second-order valence-corrected chi connectivity index (χ2v) is 2.69. The lowest BCUT2D eigenvalue weighted by Crippen LogP contribution is -1.84. The average Bonchev–Trinajstić information content (AvgIpc) is 2.32. The number of rotatable bonds is 2. The summed E-state index contributed by atoms with van der Waals surface area (Å²) in [4.78, 5) is 0. The average molecular weight is 202 g/mol. The summed E-state index contributed by atoms with van der Waals surface area (Å²) in [7, 11) is 1.64. The third kappa shape index (κ3) is 4.37. The number of hydrogen-bond donors (Lipinski definition) is 0. The molecule has 0 fully saturated rings. The van der Waals surface area contributed by atoms with Crippen molar-refractivity contribution in [2.45, 2.75) is 20.8 Å². The van der Waals surface area contributed by atoms with Gasteiger partial charge in [-0.1, -0.05) is 38.0 Å². The van der Waals surface area contributed by atoms with Gasteiger partial charge in [0.2, 0.25) is 0 Å². The van der Waals surface area contributed by atoms with Gasteiger partial charge in [0, 0.05) is 5.56 Å². The van der Waals surface area contributed by atoms with Gasteiger partial charge in [-0.25, -0.2) is 0 Å². The Bertz CT molecular complexity index is 356. The number of benzene rings is 1. The second-order valence-electron chi connectivity index (χ2n) is 2.69. The molecule has 0 spiro atoms. The van der Waals surface area contributed by atoms with E-state index in [2.05, 4.69) is 5.92 Å². The number of ether oxygens (including phenoxy) is 1. The minimum absolute atomic E-state index is 0.850. The van der Waals surface area contributed by atoms with E-state index in [0.29, 0.717) is 0 Å². The topological polar surface area (TPSA) is 9.23 Å². The van der Waals surface area contributed by atoms with Crippen LogP contribution in [-0.2, 0) is 4.74 Å². The summed E-state index contributed by atoms with van der Waals surface area (Å²) in [6.07, 6.45) is 7.27. The minimum atomic E-state index is 0.850. The monoisotopic (exact) mass is 202 g/mol. The fourth-order valence-electron chi connectivity index (χ4n) is 1.03. The normalized spacial score (nSPS) is 9.67. The van der Waals surface area contributed by atoms with Crippen molar-refractivity contribution in [2.75, 3.05) is 7.11 Å². The van der Waals surface area contributed by atoms with Crippen molar-refractivity contribution >= 4 is 6.08 Å². The van der Waals surface area contributed by atoms with Crippen molar-refractivity contribution in [3.63, 3.8) is 0 Å². The first-order valence-electron chi connectivity index (χ1n) is 5.06. The van der Waals surface area contributed by atoms with Gasteiger partial charge in [-0.15, -0.1) is 6.42 Å². The molecule has 0 aliphatic carbocycles. The first kappa shape index (κ1) is 13.3. The van der Waals surface area contributed by atoms with Gasteiger partial charge in [0.25, 0.3) is 0 Å². The van der Waals surface area contributed by atoms with E-state index in [4.69, 9.17) is 11.2 Å². The quantitative estimate of drug-likeness (QED) is 0.525. The molecule has 15 heavy (non-hydrogen) atoms. The van der Waals surface area contributed by atoms with Crippen molar-refractivity contribution in [1.82, 2.24) is 0 Å². The predicted octanol–water partition coefficient (Wildman–Crippen LogP) is 3.70. The summed E-state index contributed by atoms with van der Waals surface area (Å²) in [5, 5.41) is 0. The standard InChI is InChI=1S/C12H12O.C2H6/c1-4-11-7-5-6-8-12(11)9-10(2)13-3;1-2/h1,5-9H,2-3H3;1-2H3/b10-9+;. The van der Waals surface area contributed by atoms with E-state index < -0.39 is 0 Å². The highest BCUT2D eigenvalue weighted by Crippen LogP contribution is 2.11. The van der Waals surface area contributed by atoms with Crippen molar-refractivity contribution in [1.29, 1.82) is 0 Å². The molecule has 1 rings (SSSR count). The Hall–Kier alpha value is -1.68. The zero-order chi connectivity index (χ0) is 11.7. The highest BCUT2D eigenvalue weighted by molar-refractivity contribution is 5.59. The number of methoxy groups -OCH3 is 1. The van der Waals surface area contributed by atoms with E-state index in [0.717, 1.165) is 16.9 Å². The lowest BCUT2D eigenvalue weighted by Gasteiger charge is -2.01. The number of hydrogen-bond acceptors (Lipinski definition) is 1. The Morgan fingerprint density at radius 1 is 1.33 bits per heavy atom. The van der Waals surface area contributed by atoms with E-state index in [1.54, 1.807) is 7.11 Å². The molecule has 0 aliphatic rings. The van der Waals surface area contributed by atoms with Gasteiger partial charge in [-0.3, -0.25) is 0 Å². The molecule has 1 aromatic rings. The zero-order valence-electron chi connectivity index (χ0n) is 9.87. The lowest BCUT2D eigenvalue weighted by atomic mass is 10.1. The van der Waals surface area contributed by atoms with Gasteiger partial charge in [0.1, 0.15) is 0 Å². The SMILES string of the molecule is C#Cc1ccccc1/C=C(\C)OC.CC. The molecule has 0 aromatic heterocycles. The van der Waals surface area contributed by atoms with E-state index in [-0.39, 0.29) is 0 Å². The van der Waals surface area contributed by atoms with Crippen LogP contribution in [0, 0.1) is 12.3 Å². The Morgan fingerprint density at radius 3 is 2.47 bits per heavy atom. The van der Waals surface area contributed by atoms with Gasteiger partial charge >= 0.3 is 0 Å². The highest BCUT2D eigenvalue weighted by atomic mass is 16.5. The van der Waals surface area contributed by atoms with Crippen molar-refractivity contribution in [2.24, 2.45) is 0 Å². The summed E-state index contributed by atoms with van der Waals surface area (Å²) in [5.41, 5.74) is 1.91. The van der Waals surface area contributed by atoms with Crippen LogP contribution in [0.25, 0.3) is 6.08 Å². The van der Waals surface area contributed by atoms with Crippen LogP contribution in [0.5, 0.6) is 0 Å². The molecule has 0 amide bonds. The summed E-state index contributed by atoms with van der Waals surface area (Å²) >= 11 is 0. The fourth-order valence-corrected chi connectivity index (χ4v) is 1.03. The molecule has 0 bridgehead atoms. The molecule has 0 radical (unpaired) electrons. The Morgan fingerprint density at radius 2 is 1.93 bits per heavy atom. The van der Waals surface area contributed by atoms with Crippen molar-refractivity contribution in [3.8, 4) is 12.3 Å². The van der Waals surface area contributed by atoms with Crippen LogP contribution in [0.2, 0.25) is 0 Å². The Kier molecular flexibility index (Phi) is 6.84. The molecule has 0 unspecified atom stereocenters. The summed E-state index contributed by atoms with van der Waals surface area (Å²) in [6.45, 7) is 5.90. The molecule has 80 valence electrons. The lowest BCUT2D eigenvalue weighted by molar-refractivity contribution is 0.297. The van der Waals surface area contributed by atoms with Gasteiger partial charge in [0.05, 0.1) is 12.9 Å². The Balaban J connectivity index is 0.000000921. The van der Waals surface area contributed by atoms with E-state index in [1.807, 2.05) is 51.1 Å². The van der Waals surface area contributed by atoms with Crippen LogP contribution in [0.3, 0.4) is 0 Å². The van der Waals surface area contributed by atoms with Gasteiger partial charge in [0.15, 0.2) is 0 Å². The highest BCUT2D eigenvalue weighted by Gasteiger charge is 1.95. The van der Waals surface area contributed by atoms with Crippen LogP contribution in [-0.4, -0.2) is 7.11 Å². The molecule has 0 N–H and O–H groups in total. The largest absolute Gasteiger partial charge is 0.501 e. The summed E-state index contributed by atoms with van der Waals surface area (Å²) < 4.78 is 5.05. The molecular formula is C14H18O. The fraction of sp³-hybridized carbons (Fsp3) is 0.286. The number of allylic oxidation sites excluding steroid dienone is 1. The smallest absolute Gasteiger partial charge is 0.0930 e. The van der Waals surface area contributed by atoms with Crippen LogP contribution in [0.15, 0.2) is 30.0 Å². The molecule has 0 saturated carbocycles. The second kappa shape index (κ2) is 7.70. The first-order chi connectivity index (χ1) is 7.27. The third-order valence-electron chi connectivity index (χ3n) is 1.80. The molecule has 0 aliphatic heterocycles. The first-order valence-corrected chi connectivity index (χ1v) is 5.06. The van der Waals surface area contributed by atoms with Crippen molar-refractivity contribution in [3.05, 3.63) is 41.2 Å². The number of terminal acetylenes is 1. The van der Waals surface area contributed by atoms with Gasteiger partial charge < -0.3 is 4.74 Å². The molecule has 0 atom stereocenters. The molecule has 0 heterocycles. The maximum atomic E-state index is 5.35. The van der Waals surface area contributed by atoms with Gasteiger partial charge in [-0.2, -0.15) is 0 Å². The summed E-state index contributed by atoms with van der Waals surface area (Å²) in [6, 6.07) is 7.76. The molecule has 0 saturated heterocycles. The Labute approximate surface area is 92.8 Å². The summed E-state index contributed by atoms with van der Waals surface area (Å²) in [5.74, 6) is 3.47. The maximum Gasteiger partial charge on any atom is 0.0930 e. The van der Waals surface area contributed by atoms with Crippen LogP contribution >= 0.6 is 0 Å². The van der Waals surface area contributed by atoms with Crippen LogP contribution in [0.1, 0.15) is 31.9 Å². The maximum absolute atomic E-state index is 5.35. The minimum Gasteiger partial charge on any atom is -0.501 e. The van der Waals surface area contributed by atoms with E-state index in [9.17, 15) is 0 Å². The van der Waals surface area contributed by atoms with Crippen LogP contribution < -0.4 is 0 Å². The van der Waals surface area contributed by atoms with E-state index >= 15 is 0 Å². The third-order valence-corrected chi connectivity index (χ3v) is 1.80. The molecule has 1 nitrogen and oxygen atoms in total.